The SMILES string of the molecule is O=C(NC12CC(C1)C2)O[C@@H]1CO[C@H](c2cc(Nc3nccc4nc(CN5CC(n6cccn6)C5)cn34)n[nH]2)[C@@H]1F. The minimum atomic E-state index is -1.51. The number of carbonyl (C=O) groups excluding carboxylic acids is 1. The highest BCUT2D eigenvalue weighted by Gasteiger charge is 2.58. The molecule has 6 heterocycles. The van der Waals surface area contributed by atoms with Gasteiger partial charge in [-0.3, -0.25) is 19.1 Å². The van der Waals surface area contributed by atoms with Gasteiger partial charge in [-0.25, -0.2) is 19.2 Å². The van der Waals surface area contributed by atoms with Crippen molar-refractivity contribution in [2.24, 2.45) is 5.92 Å². The standard InChI is InChI=1S/C26H29FN10O3/c27-22-19(40-25(38)32-26-7-15(8-26)9-26)14-39-23(22)18-6-20(34-33-18)31-24-28-4-2-21-30-16(11-36(21)24)10-35-12-17(13-35)37-5-1-3-29-37/h1-6,11,15,17,19,22-23H,7-10,12-14H2,(H,32,38)(H2,28,31,33,34)/t15?,19-,22-,23-,26?/m1/s1. The summed E-state index contributed by atoms with van der Waals surface area (Å²) in [5.74, 6) is 1.71. The van der Waals surface area contributed by atoms with Crippen LogP contribution < -0.4 is 10.6 Å². The monoisotopic (exact) mass is 548 g/mol. The number of alkyl carbamates (subject to hydrolysis) is 1. The molecule has 0 radical (unpaired) electrons. The number of rotatable bonds is 8. The van der Waals surface area contributed by atoms with Crippen LogP contribution in [0.1, 0.15) is 42.8 Å². The molecule has 5 aliphatic rings. The Morgan fingerprint density at radius 3 is 2.92 bits per heavy atom. The van der Waals surface area contributed by atoms with Crippen LogP contribution in [0.3, 0.4) is 0 Å². The van der Waals surface area contributed by atoms with Gasteiger partial charge in [0.25, 0.3) is 0 Å². The van der Waals surface area contributed by atoms with E-state index in [9.17, 15) is 4.79 Å². The largest absolute Gasteiger partial charge is 0.441 e. The second-order valence-corrected chi connectivity index (χ2v) is 11.4. The van der Waals surface area contributed by atoms with Crippen LogP contribution >= 0.6 is 0 Å². The molecule has 3 N–H and O–H groups in total. The Labute approximate surface area is 228 Å². The van der Waals surface area contributed by atoms with Crippen molar-refractivity contribution in [1.29, 1.82) is 0 Å². The number of carbonyl (C=O) groups is 1. The quantitative estimate of drug-likeness (QED) is 0.303. The van der Waals surface area contributed by atoms with Crippen LogP contribution in [-0.2, 0) is 16.0 Å². The summed E-state index contributed by atoms with van der Waals surface area (Å²) in [5.41, 5.74) is 2.01. The number of aromatic amines is 1. The van der Waals surface area contributed by atoms with Crippen LogP contribution in [0.2, 0.25) is 0 Å². The van der Waals surface area contributed by atoms with Gasteiger partial charge in [0.2, 0.25) is 5.95 Å². The van der Waals surface area contributed by atoms with Gasteiger partial charge in [-0.2, -0.15) is 10.2 Å². The predicted octanol–water partition coefficient (Wildman–Crippen LogP) is 2.51. The average molecular weight is 549 g/mol. The lowest BCUT2D eigenvalue weighted by molar-refractivity contribution is -0.0528. The number of ether oxygens (including phenoxy) is 2. The number of aromatic nitrogens is 7. The third-order valence-electron chi connectivity index (χ3n) is 8.55. The van der Waals surface area contributed by atoms with Gasteiger partial charge in [0.05, 0.1) is 24.0 Å². The molecular formula is C26H29FN10O3. The molecule has 0 aromatic carbocycles. The van der Waals surface area contributed by atoms with Gasteiger partial charge in [0.1, 0.15) is 11.8 Å². The van der Waals surface area contributed by atoms with Crippen molar-refractivity contribution in [3.8, 4) is 0 Å². The maximum Gasteiger partial charge on any atom is 0.408 e. The van der Waals surface area contributed by atoms with Gasteiger partial charge in [0.15, 0.2) is 18.1 Å². The van der Waals surface area contributed by atoms with Gasteiger partial charge in [-0.05, 0) is 37.3 Å². The van der Waals surface area contributed by atoms with Crippen molar-refractivity contribution in [3.63, 3.8) is 0 Å². The number of imidazole rings is 1. The third-order valence-corrected chi connectivity index (χ3v) is 8.55. The van der Waals surface area contributed by atoms with E-state index >= 15 is 4.39 Å². The van der Waals surface area contributed by atoms with E-state index in [-0.39, 0.29) is 12.1 Å². The number of amides is 1. The van der Waals surface area contributed by atoms with E-state index in [1.165, 1.54) is 0 Å². The van der Waals surface area contributed by atoms with Gasteiger partial charge < -0.3 is 20.1 Å². The Morgan fingerprint density at radius 2 is 2.15 bits per heavy atom. The number of nitrogens with zero attached hydrogens (tertiary/aromatic N) is 7. The number of halogens is 1. The topological polar surface area (TPSA) is 140 Å². The highest BCUT2D eigenvalue weighted by molar-refractivity contribution is 5.69. The molecule has 40 heavy (non-hydrogen) atoms. The fourth-order valence-electron chi connectivity index (χ4n) is 6.32. The van der Waals surface area contributed by atoms with Crippen molar-refractivity contribution >= 4 is 23.5 Å². The number of anilines is 2. The zero-order valence-electron chi connectivity index (χ0n) is 21.6. The summed E-state index contributed by atoms with van der Waals surface area (Å²) in [6.45, 7) is 2.55. The number of fused-ring (bicyclic) bond motifs is 1. The zero-order valence-corrected chi connectivity index (χ0v) is 21.6. The molecule has 4 aromatic heterocycles. The van der Waals surface area contributed by atoms with E-state index in [2.05, 4.69) is 35.8 Å². The van der Waals surface area contributed by atoms with E-state index in [1.54, 1.807) is 18.5 Å². The molecule has 0 unspecified atom stereocenters. The number of hydrogen-bond donors (Lipinski definition) is 3. The van der Waals surface area contributed by atoms with Crippen LogP contribution in [0, 0.1) is 5.92 Å². The van der Waals surface area contributed by atoms with Crippen LogP contribution in [0.25, 0.3) is 5.65 Å². The molecule has 3 atom stereocenters. The van der Waals surface area contributed by atoms with E-state index < -0.39 is 24.5 Å². The second kappa shape index (κ2) is 8.99. The number of hydrogen-bond acceptors (Lipinski definition) is 9. The van der Waals surface area contributed by atoms with Crippen molar-refractivity contribution in [2.75, 3.05) is 25.0 Å². The van der Waals surface area contributed by atoms with Crippen LogP contribution in [0.4, 0.5) is 21.0 Å². The van der Waals surface area contributed by atoms with Crippen molar-refractivity contribution in [3.05, 3.63) is 54.4 Å². The number of alkyl halides is 1. The fourth-order valence-corrected chi connectivity index (χ4v) is 6.32. The second-order valence-electron chi connectivity index (χ2n) is 11.4. The number of nitrogens with one attached hydrogen (secondary N) is 3. The maximum atomic E-state index is 15.2. The van der Waals surface area contributed by atoms with Gasteiger partial charge in [0, 0.05) is 56.0 Å². The molecular weight excluding hydrogens is 519 g/mol. The molecule has 13 nitrogen and oxygen atoms in total. The summed E-state index contributed by atoms with van der Waals surface area (Å²) >= 11 is 0. The van der Waals surface area contributed by atoms with Gasteiger partial charge in [-0.1, -0.05) is 0 Å². The molecule has 4 aromatic rings. The fraction of sp³-hybridized carbons (Fsp3) is 0.500. The summed E-state index contributed by atoms with van der Waals surface area (Å²) in [6, 6.07) is 5.85. The maximum absolute atomic E-state index is 15.2. The molecule has 14 heteroatoms. The lowest BCUT2D eigenvalue weighted by atomic mass is 9.50. The first-order valence-corrected chi connectivity index (χ1v) is 13.6. The molecule has 2 aliphatic heterocycles. The number of likely N-dealkylation sites (tertiary alicyclic amines) is 1. The molecule has 208 valence electrons. The molecule has 3 saturated carbocycles. The van der Waals surface area contributed by atoms with Crippen molar-refractivity contribution in [1.82, 2.24) is 44.6 Å². The van der Waals surface area contributed by atoms with Gasteiger partial charge in [-0.15, -0.1) is 0 Å². The number of H-pyrrole nitrogens is 1. The molecule has 9 rings (SSSR count). The highest BCUT2D eigenvalue weighted by Crippen LogP contribution is 2.57. The van der Waals surface area contributed by atoms with E-state index in [1.807, 2.05) is 33.6 Å². The molecule has 2 saturated heterocycles. The van der Waals surface area contributed by atoms with E-state index in [0.29, 0.717) is 23.5 Å². The lowest BCUT2D eigenvalue weighted by Gasteiger charge is -2.61. The van der Waals surface area contributed by atoms with Gasteiger partial charge >= 0.3 is 6.09 Å². The van der Waals surface area contributed by atoms with Crippen LogP contribution in [0.5, 0.6) is 0 Å². The summed E-state index contributed by atoms with van der Waals surface area (Å²) in [6.07, 6.45) is 6.42. The van der Waals surface area contributed by atoms with Crippen molar-refractivity contribution in [2.45, 2.75) is 55.8 Å². The Balaban J connectivity index is 0.897. The molecule has 5 fully saturated rings. The minimum absolute atomic E-state index is 0.0188. The first-order valence-electron chi connectivity index (χ1n) is 13.6. The molecule has 2 bridgehead atoms. The normalized spacial score (nSPS) is 29.5. The first-order chi connectivity index (χ1) is 19.5. The summed E-state index contributed by atoms with van der Waals surface area (Å²) in [5, 5.41) is 17.5. The van der Waals surface area contributed by atoms with Crippen LogP contribution in [-0.4, -0.2) is 82.9 Å². The molecule has 3 aliphatic carbocycles. The Bertz CT molecular complexity index is 1530. The van der Waals surface area contributed by atoms with E-state index in [4.69, 9.17) is 14.5 Å². The van der Waals surface area contributed by atoms with Crippen molar-refractivity contribution < 1.29 is 18.7 Å². The predicted molar refractivity (Wildman–Crippen MR) is 138 cm³/mol. The first kappa shape index (κ1) is 23.8. The summed E-state index contributed by atoms with van der Waals surface area (Å²) in [4.78, 5) is 23.8. The third kappa shape index (κ3) is 4.09. The Morgan fingerprint density at radius 1 is 1.27 bits per heavy atom. The highest BCUT2D eigenvalue weighted by atomic mass is 19.1. The molecule has 0 spiro atoms. The minimum Gasteiger partial charge on any atom is -0.441 e. The summed E-state index contributed by atoms with van der Waals surface area (Å²) < 4.78 is 30.1. The lowest BCUT2D eigenvalue weighted by Crippen LogP contribution is -2.68. The van der Waals surface area contributed by atoms with E-state index in [0.717, 1.165) is 56.2 Å². The zero-order chi connectivity index (χ0) is 26.8. The smallest absolute Gasteiger partial charge is 0.408 e. The molecule has 1 amide bonds. The summed E-state index contributed by atoms with van der Waals surface area (Å²) in [7, 11) is 0. The Kier molecular flexibility index (Phi) is 5.35. The Hall–Kier alpha value is -4.04. The van der Waals surface area contributed by atoms with Crippen LogP contribution in [0.15, 0.2) is 43.0 Å². The average Bonchev–Trinajstić information content (AvgIpc) is 3.66.